The number of hydrogen-bond acceptors (Lipinski definition) is 1. The molecule has 0 aromatic carbocycles. The van der Waals surface area contributed by atoms with Crippen LogP contribution in [0.15, 0.2) is 0 Å². The summed E-state index contributed by atoms with van der Waals surface area (Å²) in [7, 11) is -3.99. The molecule has 0 radical (unpaired) electrons. The van der Waals surface area contributed by atoms with Gasteiger partial charge in [0.05, 0.1) is 6.16 Å². The van der Waals surface area contributed by atoms with Crippen LogP contribution >= 0.6 is 30.8 Å². The highest BCUT2D eigenvalue weighted by atomic mass is 35.5. The van der Waals surface area contributed by atoms with Crippen molar-refractivity contribution >= 4 is 30.8 Å². The number of rotatable bonds is 2. The Kier molecular flexibility index (Phi) is 3.32. The lowest BCUT2D eigenvalue weighted by Crippen LogP contribution is -1.95. The average Bonchev–Trinajstić information content (AvgIpc) is 1.21. The van der Waals surface area contributed by atoms with Gasteiger partial charge in [-0.25, -0.2) is 0 Å². The molecule has 0 aromatic heterocycles. The van der Waals surface area contributed by atoms with Crippen molar-refractivity contribution in [2.75, 3.05) is 6.16 Å². The molecule has 0 rings (SSSR count). The predicted molar refractivity (Wildman–Crippen MR) is 32.4 cm³/mol. The minimum Gasteiger partial charge on any atom is -0.324 e. The molecule has 0 aliphatic heterocycles. The first kappa shape index (κ1) is 8.73. The molecule has 0 bridgehead atoms. The minimum absolute atomic E-state index is 0.476. The standard InChI is InChI=1S/C2H5Cl2O3P/c3-2(4)1-8(5,6)7/h2H,1H2,(H2,5,6,7). The Labute approximate surface area is 56.8 Å². The lowest BCUT2D eigenvalue weighted by Gasteiger charge is -2.01. The van der Waals surface area contributed by atoms with Crippen LogP contribution in [0.2, 0.25) is 0 Å². The van der Waals surface area contributed by atoms with Crippen molar-refractivity contribution in [2.45, 2.75) is 4.84 Å². The first-order valence-corrected chi connectivity index (χ1v) is 4.41. The Bertz CT molecular complexity index is 108. The van der Waals surface area contributed by atoms with E-state index in [9.17, 15) is 4.57 Å². The maximum atomic E-state index is 9.97. The fourth-order valence-corrected chi connectivity index (χ4v) is 1.62. The van der Waals surface area contributed by atoms with Gasteiger partial charge in [-0.1, -0.05) is 0 Å². The molecule has 50 valence electrons. The summed E-state index contributed by atoms with van der Waals surface area (Å²) in [4.78, 5) is 15.3. The van der Waals surface area contributed by atoms with E-state index in [0.717, 1.165) is 0 Å². The van der Waals surface area contributed by atoms with Gasteiger partial charge in [0.2, 0.25) is 0 Å². The van der Waals surface area contributed by atoms with Gasteiger partial charge >= 0.3 is 7.60 Å². The Balaban J connectivity index is 3.56. The Hall–Kier alpha value is 0.730. The van der Waals surface area contributed by atoms with Gasteiger partial charge in [0.15, 0.2) is 0 Å². The van der Waals surface area contributed by atoms with Crippen LogP contribution in [0.1, 0.15) is 0 Å². The third kappa shape index (κ3) is 6.73. The zero-order valence-corrected chi connectivity index (χ0v) is 6.20. The van der Waals surface area contributed by atoms with Crippen LogP contribution in [0, 0.1) is 0 Å². The largest absolute Gasteiger partial charge is 0.328 e. The summed E-state index contributed by atoms with van der Waals surface area (Å²) in [6, 6.07) is 0. The van der Waals surface area contributed by atoms with Crippen molar-refractivity contribution in [1.82, 2.24) is 0 Å². The molecule has 0 amide bonds. The minimum atomic E-state index is -3.99. The molecule has 3 nitrogen and oxygen atoms in total. The summed E-state index contributed by atoms with van der Waals surface area (Å²) in [5.74, 6) is 0. The van der Waals surface area contributed by atoms with Crippen LogP contribution < -0.4 is 0 Å². The molecule has 0 spiro atoms. The van der Waals surface area contributed by atoms with Crippen molar-refractivity contribution in [3.63, 3.8) is 0 Å². The summed E-state index contributed by atoms with van der Waals surface area (Å²) >= 11 is 10.1. The molecule has 8 heavy (non-hydrogen) atoms. The average molecular weight is 179 g/mol. The van der Waals surface area contributed by atoms with E-state index >= 15 is 0 Å². The van der Waals surface area contributed by atoms with E-state index in [-0.39, 0.29) is 0 Å². The fourth-order valence-electron chi connectivity index (χ4n) is 0.180. The van der Waals surface area contributed by atoms with E-state index < -0.39 is 18.6 Å². The zero-order chi connectivity index (χ0) is 6.78. The molecule has 2 N–H and O–H groups in total. The van der Waals surface area contributed by atoms with Crippen LogP contribution in [-0.4, -0.2) is 20.8 Å². The van der Waals surface area contributed by atoms with Gasteiger partial charge < -0.3 is 9.79 Å². The summed E-state index contributed by atoms with van der Waals surface area (Å²) < 4.78 is 9.97. The number of halogens is 2. The van der Waals surface area contributed by atoms with Crippen molar-refractivity contribution in [2.24, 2.45) is 0 Å². The van der Waals surface area contributed by atoms with E-state index in [1.165, 1.54) is 0 Å². The molecule has 0 saturated carbocycles. The van der Waals surface area contributed by atoms with Gasteiger partial charge in [0.25, 0.3) is 0 Å². The second kappa shape index (κ2) is 3.04. The highest BCUT2D eigenvalue weighted by Gasteiger charge is 2.16. The molecule has 0 heterocycles. The Morgan fingerprint density at radius 2 is 1.88 bits per heavy atom. The third-order valence-electron chi connectivity index (χ3n) is 0.376. The van der Waals surface area contributed by atoms with Gasteiger partial charge in [0.1, 0.15) is 4.84 Å². The van der Waals surface area contributed by atoms with Gasteiger partial charge in [-0.3, -0.25) is 4.57 Å². The molecule has 0 atom stereocenters. The second-order valence-corrected chi connectivity index (χ2v) is 4.21. The molecular formula is C2H5Cl2O3P. The maximum absolute atomic E-state index is 9.97. The monoisotopic (exact) mass is 178 g/mol. The van der Waals surface area contributed by atoms with E-state index in [4.69, 9.17) is 33.0 Å². The normalized spacial score (nSPS) is 12.6. The van der Waals surface area contributed by atoms with Crippen molar-refractivity contribution in [3.8, 4) is 0 Å². The highest BCUT2D eigenvalue weighted by molar-refractivity contribution is 7.52. The smallest absolute Gasteiger partial charge is 0.324 e. The van der Waals surface area contributed by atoms with Crippen molar-refractivity contribution in [1.29, 1.82) is 0 Å². The van der Waals surface area contributed by atoms with Crippen LogP contribution in [0.5, 0.6) is 0 Å². The summed E-state index contributed by atoms with van der Waals surface area (Å²) in [5, 5.41) is 0. The van der Waals surface area contributed by atoms with E-state index in [2.05, 4.69) is 0 Å². The van der Waals surface area contributed by atoms with E-state index in [1.54, 1.807) is 0 Å². The molecule has 0 aliphatic rings. The Morgan fingerprint density at radius 1 is 1.50 bits per heavy atom. The SMILES string of the molecule is O=P(O)(O)CC(Cl)Cl. The molecule has 0 fully saturated rings. The second-order valence-electron chi connectivity index (χ2n) is 1.24. The molecule has 0 aliphatic carbocycles. The summed E-state index contributed by atoms with van der Waals surface area (Å²) in [6.07, 6.45) is -0.476. The first-order valence-electron chi connectivity index (χ1n) is 1.74. The topological polar surface area (TPSA) is 57.5 Å². The molecule has 0 saturated heterocycles. The van der Waals surface area contributed by atoms with Crippen LogP contribution in [0.25, 0.3) is 0 Å². The van der Waals surface area contributed by atoms with Crippen LogP contribution in [-0.2, 0) is 4.57 Å². The van der Waals surface area contributed by atoms with Gasteiger partial charge in [-0.15, -0.1) is 23.2 Å². The zero-order valence-electron chi connectivity index (χ0n) is 3.79. The number of hydrogen-bond donors (Lipinski definition) is 2. The third-order valence-corrected chi connectivity index (χ3v) is 1.96. The molecule has 6 heteroatoms. The lowest BCUT2D eigenvalue weighted by molar-refractivity contribution is 0.374. The highest BCUT2D eigenvalue weighted by Crippen LogP contribution is 2.36. The number of alkyl halides is 2. The van der Waals surface area contributed by atoms with Crippen molar-refractivity contribution in [3.05, 3.63) is 0 Å². The molecule has 0 aromatic rings. The quantitative estimate of drug-likeness (QED) is 0.490. The Morgan fingerprint density at radius 3 is 1.88 bits per heavy atom. The van der Waals surface area contributed by atoms with E-state index in [1.807, 2.05) is 0 Å². The lowest BCUT2D eigenvalue weighted by atomic mass is 10.9. The summed E-state index contributed by atoms with van der Waals surface area (Å²) in [6.45, 7) is 0. The molecule has 0 unspecified atom stereocenters. The molecular weight excluding hydrogens is 174 g/mol. The first-order chi connectivity index (χ1) is 3.42. The predicted octanol–water partition coefficient (Wildman–Crippen LogP) is 0.968. The van der Waals surface area contributed by atoms with Gasteiger partial charge in [0, 0.05) is 0 Å². The fraction of sp³-hybridized carbons (Fsp3) is 1.00. The van der Waals surface area contributed by atoms with Gasteiger partial charge in [-0.2, -0.15) is 0 Å². The van der Waals surface area contributed by atoms with Crippen LogP contribution in [0.3, 0.4) is 0 Å². The summed E-state index contributed by atoms with van der Waals surface area (Å²) in [5.41, 5.74) is 0. The van der Waals surface area contributed by atoms with Gasteiger partial charge in [-0.05, 0) is 0 Å². The van der Waals surface area contributed by atoms with Crippen LogP contribution in [0.4, 0.5) is 0 Å². The maximum Gasteiger partial charge on any atom is 0.328 e. The van der Waals surface area contributed by atoms with E-state index in [0.29, 0.717) is 0 Å². The van der Waals surface area contributed by atoms with Crippen molar-refractivity contribution < 1.29 is 14.4 Å².